The minimum atomic E-state index is 0.0727. The van der Waals surface area contributed by atoms with E-state index in [1.54, 1.807) is 11.3 Å². The summed E-state index contributed by atoms with van der Waals surface area (Å²) < 4.78 is 0. The average Bonchev–Trinajstić information content (AvgIpc) is 2.70. The molecule has 3 heteroatoms. The fourth-order valence-electron chi connectivity index (χ4n) is 1.52. The number of rotatable bonds is 3. The van der Waals surface area contributed by atoms with Crippen LogP contribution in [0.4, 0.5) is 0 Å². The molecule has 1 nitrogen and oxygen atoms in total. The van der Waals surface area contributed by atoms with Crippen molar-refractivity contribution in [1.29, 1.82) is 0 Å². The minimum absolute atomic E-state index is 0.0727. The molecule has 0 spiro atoms. The van der Waals surface area contributed by atoms with Crippen LogP contribution in [0.25, 0.3) is 0 Å². The summed E-state index contributed by atoms with van der Waals surface area (Å²) in [5.41, 5.74) is 7.27. The molecule has 2 aromatic rings. The van der Waals surface area contributed by atoms with Gasteiger partial charge in [0.05, 0.1) is 0 Å². The zero-order chi connectivity index (χ0) is 10.7. The van der Waals surface area contributed by atoms with Crippen LogP contribution in [0.15, 0.2) is 41.8 Å². The van der Waals surface area contributed by atoms with E-state index in [4.69, 9.17) is 17.3 Å². The molecule has 2 N–H and O–H groups in total. The van der Waals surface area contributed by atoms with E-state index in [0.29, 0.717) is 0 Å². The van der Waals surface area contributed by atoms with E-state index >= 15 is 0 Å². The third-order valence-electron chi connectivity index (χ3n) is 2.25. The van der Waals surface area contributed by atoms with Crippen LogP contribution in [-0.4, -0.2) is 0 Å². The zero-order valence-electron chi connectivity index (χ0n) is 8.19. The first-order valence-corrected chi connectivity index (χ1v) is 6.05. The van der Waals surface area contributed by atoms with Crippen molar-refractivity contribution in [2.24, 2.45) is 5.73 Å². The molecule has 1 aromatic heterocycles. The highest BCUT2D eigenvalue weighted by Crippen LogP contribution is 2.21. The number of hydrogen-bond acceptors (Lipinski definition) is 2. The number of benzene rings is 1. The van der Waals surface area contributed by atoms with Crippen LogP contribution in [0.2, 0.25) is 5.02 Å². The minimum Gasteiger partial charge on any atom is -0.323 e. The van der Waals surface area contributed by atoms with E-state index in [1.807, 2.05) is 29.6 Å². The molecule has 2 rings (SSSR count). The van der Waals surface area contributed by atoms with Crippen LogP contribution in [0.1, 0.15) is 16.5 Å². The van der Waals surface area contributed by atoms with Crippen LogP contribution in [0.3, 0.4) is 0 Å². The van der Waals surface area contributed by atoms with Crippen molar-refractivity contribution in [3.63, 3.8) is 0 Å². The smallest absolute Gasteiger partial charge is 0.0430 e. The Morgan fingerprint density at radius 2 is 2.13 bits per heavy atom. The van der Waals surface area contributed by atoms with E-state index in [1.165, 1.54) is 10.4 Å². The largest absolute Gasteiger partial charge is 0.323 e. The summed E-state index contributed by atoms with van der Waals surface area (Å²) in [7, 11) is 0. The Balaban J connectivity index is 2.09. The second-order valence-corrected chi connectivity index (χ2v) is 4.87. The van der Waals surface area contributed by atoms with Gasteiger partial charge in [0.25, 0.3) is 0 Å². The third-order valence-corrected chi connectivity index (χ3v) is 3.49. The number of halogens is 1. The molecule has 0 saturated heterocycles. The molecule has 0 fully saturated rings. The number of hydrogen-bond donors (Lipinski definition) is 1. The molecule has 1 atom stereocenters. The molecular formula is C12H12ClNS. The molecule has 0 aliphatic rings. The van der Waals surface area contributed by atoms with E-state index in [9.17, 15) is 0 Å². The van der Waals surface area contributed by atoms with Gasteiger partial charge in [-0.1, -0.05) is 29.8 Å². The first kappa shape index (κ1) is 10.7. The van der Waals surface area contributed by atoms with Crippen LogP contribution in [0.5, 0.6) is 0 Å². The maximum Gasteiger partial charge on any atom is 0.0430 e. The van der Waals surface area contributed by atoms with Crippen molar-refractivity contribution in [2.45, 2.75) is 12.5 Å². The topological polar surface area (TPSA) is 26.0 Å². The Labute approximate surface area is 98.5 Å². The van der Waals surface area contributed by atoms with Gasteiger partial charge >= 0.3 is 0 Å². The van der Waals surface area contributed by atoms with Gasteiger partial charge in [-0.2, -0.15) is 0 Å². The van der Waals surface area contributed by atoms with Crippen molar-refractivity contribution in [3.8, 4) is 0 Å². The molecule has 0 bridgehead atoms. The molecule has 1 unspecified atom stereocenters. The highest BCUT2D eigenvalue weighted by atomic mass is 35.5. The Hall–Kier alpha value is -0.830. The normalized spacial score (nSPS) is 12.7. The first-order valence-electron chi connectivity index (χ1n) is 4.79. The summed E-state index contributed by atoms with van der Waals surface area (Å²) >= 11 is 7.61. The summed E-state index contributed by atoms with van der Waals surface area (Å²) in [6.07, 6.45) is 0.834. The van der Waals surface area contributed by atoms with Crippen molar-refractivity contribution in [1.82, 2.24) is 0 Å². The zero-order valence-corrected chi connectivity index (χ0v) is 9.76. The molecule has 0 radical (unpaired) electrons. The molecule has 0 amide bonds. The summed E-state index contributed by atoms with van der Waals surface area (Å²) in [6.45, 7) is 0. The van der Waals surface area contributed by atoms with Crippen molar-refractivity contribution < 1.29 is 0 Å². The fraction of sp³-hybridized carbons (Fsp3) is 0.167. The van der Waals surface area contributed by atoms with Gasteiger partial charge < -0.3 is 5.73 Å². The van der Waals surface area contributed by atoms with E-state index in [0.717, 1.165) is 11.4 Å². The Kier molecular flexibility index (Phi) is 3.41. The van der Waals surface area contributed by atoms with Gasteiger partial charge in [-0.3, -0.25) is 0 Å². The fourth-order valence-corrected chi connectivity index (χ4v) is 2.46. The molecular weight excluding hydrogens is 226 g/mol. The van der Waals surface area contributed by atoms with E-state index in [-0.39, 0.29) is 6.04 Å². The summed E-state index contributed by atoms with van der Waals surface area (Å²) in [6, 6.07) is 12.0. The van der Waals surface area contributed by atoms with Gasteiger partial charge in [-0.15, -0.1) is 11.3 Å². The Bertz CT molecular complexity index is 425. The standard InChI is InChI=1S/C12H12ClNS/c13-10-4-1-3-9(7-10)8-11(14)12-5-2-6-15-12/h1-7,11H,8,14H2. The van der Waals surface area contributed by atoms with Gasteiger partial charge in [-0.25, -0.2) is 0 Å². The second kappa shape index (κ2) is 4.79. The third kappa shape index (κ3) is 2.81. The van der Waals surface area contributed by atoms with Gasteiger partial charge in [0, 0.05) is 15.9 Å². The molecule has 1 heterocycles. The number of thiophene rings is 1. The lowest BCUT2D eigenvalue weighted by molar-refractivity contribution is 0.736. The van der Waals surface area contributed by atoms with Gasteiger partial charge in [0.15, 0.2) is 0 Å². The summed E-state index contributed by atoms with van der Waals surface area (Å²) in [5.74, 6) is 0. The SMILES string of the molecule is NC(Cc1cccc(Cl)c1)c1cccs1. The lowest BCUT2D eigenvalue weighted by Crippen LogP contribution is -2.11. The summed E-state index contributed by atoms with van der Waals surface area (Å²) in [5, 5.41) is 2.82. The molecule has 0 saturated carbocycles. The second-order valence-electron chi connectivity index (χ2n) is 3.46. The van der Waals surface area contributed by atoms with Crippen LogP contribution >= 0.6 is 22.9 Å². The van der Waals surface area contributed by atoms with Crippen LogP contribution in [-0.2, 0) is 6.42 Å². The van der Waals surface area contributed by atoms with Gasteiger partial charge in [-0.05, 0) is 35.6 Å². The molecule has 78 valence electrons. The lowest BCUT2D eigenvalue weighted by atomic mass is 10.1. The van der Waals surface area contributed by atoms with Crippen molar-refractivity contribution >= 4 is 22.9 Å². The molecule has 0 aliphatic heterocycles. The van der Waals surface area contributed by atoms with Crippen molar-refractivity contribution in [3.05, 3.63) is 57.2 Å². The monoisotopic (exact) mass is 237 g/mol. The lowest BCUT2D eigenvalue weighted by Gasteiger charge is -2.09. The quantitative estimate of drug-likeness (QED) is 0.867. The first-order chi connectivity index (χ1) is 7.25. The van der Waals surface area contributed by atoms with E-state index in [2.05, 4.69) is 12.1 Å². The predicted octanol–water partition coefficient (Wildman–Crippen LogP) is 3.64. The molecule has 0 aliphatic carbocycles. The Morgan fingerprint density at radius 3 is 2.80 bits per heavy atom. The maximum atomic E-state index is 6.09. The maximum absolute atomic E-state index is 6.09. The highest BCUT2D eigenvalue weighted by Gasteiger charge is 2.07. The summed E-state index contributed by atoms with van der Waals surface area (Å²) in [4.78, 5) is 1.22. The van der Waals surface area contributed by atoms with Gasteiger partial charge in [0.1, 0.15) is 0 Å². The average molecular weight is 238 g/mol. The number of nitrogens with two attached hydrogens (primary N) is 1. The van der Waals surface area contributed by atoms with E-state index < -0.39 is 0 Å². The highest BCUT2D eigenvalue weighted by molar-refractivity contribution is 7.10. The van der Waals surface area contributed by atoms with Crippen molar-refractivity contribution in [2.75, 3.05) is 0 Å². The van der Waals surface area contributed by atoms with Crippen LogP contribution in [0, 0.1) is 0 Å². The Morgan fingerprint density at radius 1 is 1.27 bits per heavy atom. The molecule has 15 heavy (non-hydrogen) atoms. The molecule has 1 aromatic carbocycles. The predicted molar refractivity (Wildman–Crippen MR) is 66.4 cm³/mol. The van der Waals surface area contributed by atoms with Crippen LogP contribution < -0.4 is 5.73 Å². The van der Waals surface area contributed by atoms with Gasteiger partial charge in [0.2, 0.25) is 0 Å².